The van der Waals surface area contributed by atoms with Gasteiger partial charge in [-0.1, -0.05) is 37.2 Å². The average molecular weight is 487 g/mol. The highest BCUT2D eigenvalue weighted by Crippen LogP contribution is 2.22. The molecule has 0 saturated carbocycles. The van der Waals surface area contributed by atoms with Crippen LogP contribution in [0.15, 0.2) is 63.4 Å². The molecule has 2 aromatic carbocycles. The number of nitrogens with one attached hydrogen (secondary N) is 1. The van der Waals surface area contributed by atoms with Crippen molar-refractivity contribution in [3.05, 3.63) is 58.9 Å². The number of fused-ring (bicyclic) bond motifs is 3. The van der Waals surface area contributed by atoms with Crippen molar-refractivity contribution in [2.24, 2.45) is 5.14 Å². The number of amides is 1. The third-order valence-corrected chi connectivity index (χ3v) is 6.87. The van der Waals surface area contributed by atoms with Crippen LogP contribution in [0.5, 0.6) is 0 Å². The van der Waals surface area contributed by atoms with E-state index in [1.54, 1.807) is 15.0 Å². The number of sulfonamides is 1. The van der Waals surface area contributed by atoms with E-state index in [2.05, 4.69) is 22.4 Å². The van der Waals surface area contributed by atoms with Gasteiger partial charge in [0.05, 0.1) is 21.6 Å². The van der Waals surface area contributed by atoms with Crippen molar-refractivity contribution in [1.82, 2.24) is 19.2 Å². The number of carbonyl (C=O) groups is 1. The van der Waals surface area contributed by atoms with E-state index in [4.69, 9.17) is 5.14 Å². The molecule has 2 heterocycles. The average Bonchev–Trinajstić information content (AvgIpc) is 3.21. The Morgan fingerprint density at radius 3 is 2.55 bits per heavy atom. The molecule has 0 radical (unpaired) electrons. The molecule has 0 bridgehead atoms. The SMILES string of the molecule is CCCCn1c(=O)c2ccccc2n2c(SCC(=O)Nc3ccc(S(N)(=O)=O)cc3)nnc12. The van der Waals surface area contributed by atoms with Gasteiger partial charge < -0.3 is 5.32 Å². The van der Waals surface area contributed by atoms with Gasteiger partial charge >= 0.3 is 0 Å². The second-order valence-electron chi connectivity index (χ2n) is 7.35. The van der Waals surface area contributed by atoms with Gasteiger partial charge in [-0.3, -0.25) is 18.6 Å². The highest BCUT2D eigenvalue weighted by atomic mass is 32.2. The molecule has 2 aromatic heterocycles. The van der Waals surface area contributed by atoms with E-state index in [-0.39, 0.29) is 22.1 Å². The summed E-state index contributed by atoms with van der Waals surface area (Å²) in [7, 11) is -3.80. The van der Waals surface area contributed by atoms with Gasteiger partial charge in [0.25, 0.3) is 5.56 Å². The van der Waals surface area contributed by atoms with Crippen molar-refractivity contribution in [3.8, 4) is 0 Å². The number of rotatable bonds is 8. The lowest BCUT2D eigenvalue weighted by molar-refractivity contribution is -0.113. The maximum atomic E-state index is 13.0. The number of para-hydroxylation sites is 1. The Bertz CT molecular complexity index is 1490. The molecule has 4 aromatic rings. The summed E-state index contributed by atoms with van der Waals surface area (Å²) in [6.45, 7) is 2.58. The minimum Gasteiger partial charge on any atom is -0.325 e. The predicted octanol–water partition coefficient (Wildman–Crippen LogP) is 2.22. The summed E-state index contributed by atoms with van der Waals surface area (Å²) in [5.74, 6) is 0.178. The zero-order valence-corrected chi connectivity index (χ0v) is 19.4. The molecule has 0 spiro atoms. The number of nitrogens with two attached hydrogens (primary N) is 1. The zero-order valence-electron chi connectivity index (χ0n) is 17.8. The van der Waals surface area contributed by atoms with Crippen LogP contribution in [-0.2, 0) is 21.4 Å². The number of thioether (sulfide) groups is 1. The molecule has 0 aliphatic rings. The molecule has 0 fully saturated rings. The van der Waals surface area contributed by atoms with Gasteiger partial charge in [0, 0.05) is 12.2 Å². The number of hydrogen-bond donors (Lipinski definition) is 2. The Hall–Kier alpha value is -3.22. The number of aryl methyl sites for hydroxylation is 1. The third kappa shape index (κ3) is 4.77. The highest BCUT2D eigenvalue weighted by molar-refractivity contribution is 7.99. The number of hydrogen-bond acceptors (Lipinski definition) is 7. The first-order valence-corrected chi connectivity index (χ1v) is 12.7. The molecule has 10 nitrogen and oxygen atoms in total. The molecular weight excluding hydrogens is 464 g/mol. The standard InChI is InChI=1S/C21H22N6O4S2/c1-2-3-12-26-19(29)16-6-4-5-7-17(16)27-20(26)24-25-21(27)32-13-18(28)23-14-8-10-15(11-9-14)33(22,30)31/h4-11H,2-3,12-13H2,1H3,(H,23,28)(H2,22,30,31). The van der Waals surface area contributed by atoms with Crippen LogP contribution in [0, 0.1) is 0 Å². The quantitative estimate of drug-likeness (QED) is 0.364. The topological polar surface area (TPSA) is 141 Å². The third-order valence-electron chi connectivity index (χ3n) is 5.01. The van der Waals surface area contributed by atoms with Crippen molar-refractivity contribution < 1.29 is 13.2 Å². The number of benzene rings is 2. The summed E-state index contributed by atoms with van der Waals surface area (Å²) >= 11 is 1.19. The van der Waals surface area contributed by atoms with Gasteiger partial charge in [-0.2, -0.15) is 0 Å². The monoisotopic (exact) mass is 486 g/mol. The number of primary sulfonamides is 1. The van der Waals surface area contributed by atoms with E-state index >= 15 is 0 Å². The highest BCUT2D eigenvalue weighted by Gasteiger charge is 2.17. The lowest BCUT2D eigenvalue weighted by Crippen LogP contribution is -2.23. The molecule has 33 heavy (non-hydrogen) atoms. The zero-order chi connectivity index (χ0) is 23.6. The molecule has 3 N–H and O–H groups in total. The van der Waals surface area contributed by atoms with E-state index in [1.165, 1.54) is 36.0 Å². The van der Waals surface area contributed by atoms with E-state index < -0.39 is 10.0 Å². The Labute approximate surface area is 193 Å². The summed E-state index contributed by atoms with van der Waals surface area (Å²) in [5, 5.41) is 17.3. The Balaban J connectivity index is 1.58. The van der Waals surface area contributed by atoms with Crippen LogP contribution in [-0.4, -0.2) is 39.2 Å². The maximum Gasteiger partial charge on any atom is 0.262 e. The van der Waals surface area contributed by atoms with Gasteiger partial charge in [0.15, 0.2) is 5.16 Å². The van der Waals surface area contributed by atoms with E-state index in [9.17, 15) is 18.0 Å². The number of carbonyl (C=O) groups excluding carboxylic acids is 1. The van der Waals surface area contributed by atoms with Gasteiger partial charge in [-0.05, 0) is 42.8 Å². The van der Waals surface area contributed by atoms with Crippen LogP contribution in [0.3, 0.4) is 0 Å². The molecular formula is C21H22N6O4S2. The molecule has 0 saturated heterocycles. The van der Waals surface area contributed by atoms with Crippen molar-refractivity contribution in [2.45, 2.75) is 36.4 Å². The Morgan fingerprint density at radius 2 is 1.85 bits per heavy atom. The van der Waals surface area contributed by atoms with Gasteiger partial charge in [0.1, 0.15) is 0 Å². The Kier molecular flexibility index (Phi) is 6.49. The first-order chi connectivity index (χ1) is 15.8. The number of anilines is 1. The second kappa shape index (κ2) is 9.33. The molecule has 0 unspecified atom stereocenters. The largest absolute Gasteiger partial charge is 0.325 e. The summed E-state index contributed by atoms with van der Waals surface area (Å²) in [6, 6.07) is 12.8. The fraction of sp³-hybridized carbons (Fsp3) is 0.238. The van der Waals surface area contributed by atoms with Gasteiger partial charge in [-0.25, -0.2) is 13.6 Å². The predicted molar refractivity (Wildman–Crippen MR) is 127 cm³/mol. The van der Waals surface area contributed by atoms with Crippen molar-refractivity contribution in [2.75, 3.05) is 11.1 Å². The summed E-state index contributed by atoms with van der Waals surface area (Å²) in [6.07, 6.45) is 1.76. The number of aromatic nitrogens is 4. The lowest BCUT2D eigenvalue weighted by atomic mass is 10.2. The first-order valence-electron chi connectivity index (χ1n) is 10.2. The van der Waals surface area contributed by atoms with Gasteiger partial charge in [0.2, 0.25) is 21.7 Å². The van der Waals surface area contributed by atoms with Crippen LogP contribution in [0.25, 0.3) is 16.7 Å². The molecule has 172 valence electrons. The second-order valence-corrected chi connectivity index (χ2v) is 9.86. The lowest BCUT2D eigenvalue weighted by Gasteiger charge is -2.11. The molecule has 0 atom stereocenters. The first kappa shape index (κ1) is 23.0. The summed E-state index contributed by atoms with van der Waals surface area (Å²) in [4.78, 5) is 25.4. The van der Waals surface area contributed by atoms with Crippen LogP contribution in [0.2, 0.25) is 0 Å². The summed E-state index contributed by atoms with van der Waals surface area (Å²) in [5.41, 5.74) is 1.01. The number of unbranched alkanes of at least 4 members (excludes halogenated alkanes) is 1. The minimum absolute atomic E-state index is 0.0363. The van der Waals surface area contributed by atoms with Crippen molar-refractivity contribution in [1.29, 1.82) is 0 Å². The normalized spacial score (nSPS) is 11.8. The molecule has 1 amide bonds. The molecule has 12 heteroatoms. The van der Waals surface area contributed by atoms with Crippen LogP contribution in [0.4, 0.5) is 5.69 Å². The smallest absolute Gasteiger partial charge is 0.262 e. The van der Waals surface area contributed by atoms with Crippen molar-refractivity contribution in [3.63, 3.8) is 0 Å². The number of nitrogens with zero attached hydrogens (tertiary/aromatic N) is 4. The van der Waals surface area contributed by atoms with Crippen LogP contribution < -0.4 is 16.0 Å². The van der Waals surface area contributed by atoms with Gasteiger partial charge in [-0.15, -0.1) is 10.2 Å². The molecule has 0 aliphatic heterocycles. The molecule has 4 rings (SSSR count). The minimum atomic E-state index is -3.80. The maximum absolute atomic E-state index is 13.0. The van der Waals surface area contributed by atoms with E-state index in [0.29, 0.717) is 34.1 Å². The van der Waals surface area contributed by atoms with Crippen molar-refractivity contribution >= 4 is 50.1 Å². The molecule has 0 aliphatic carbocycles. The van der Waals surface area contributed by atoms with E-state index in [1.807, 2.05) is 18.2 Å². The summed E-state index contributed by atoms with van der Waals surface area (Å²) < 4.78 is 26.1. The van der Waals surface area contributed by atoms with E-state index in [0.717, 1.165) is 12.8 Å². The fourth-order valence-electron chi connectivity index (χ4n) is 3.40. The Morgan fingerprint density at radius 1 is 1.12 bits per heavy atom. The van der Waals surface area contributed by atoms with Crippen LogP contribution >= 0.6 is 11.8 Å². The fourth-order valence-corrected chi connectivity index (χ4v) is 4.66. The van der Waals surface area contributed by atoms with Crippen LogP contribution in [0.1, 0.15) is 19.8 Å².